The monoisotopic (exact) mass is 214 g/mol. The first-order valence-electron chi connectivity index (χ1n) is 5.17. The molecule has 0 aliphatic heterocycles. The number of carbonyl (C=O) groups is 2. The number of carbonyl (C=O) groups excluding carboxylic acids is 1. The summed E-state index contributed by atoms with van der Waals surface area (Å²) in [5, 5.41) is 8.84. The predicted octanol–water partition coefficient (Wildman–Crippen LogP) is 2.00. The van der Waals surface area contributed by atoms with Crippen LogP contribution in [0, 0.1) is 5.92 Å². The molecule has 0 saturated carbocycles. The lowest BCUT2D eigenvalue weighted by atomic mass is 9.93. The van der Waals surface area contributed by atoms with Gasteiger partial charge in [-0.25, -0.2) is 4.79 Å². The van der Waals surface area contributed by atoms with E-state index in [4.69, 9.17) is 9.84 Å². The summed E-state index contributed by atoms with van der Waals surface area (Å²) in [4.78, 5) is 22.5. The van der Waals surface area contributed by atoms with Gasteiger partial charge >= 0.3 is 5.97 Å². The summed E-state index contributed by atoms with van der Waals surface area (Å²) in [6.07, 6.45) is 2.33. The van der Waals surface area contributed by atoms with Crippen molar-refractivity contribution >= 4 is 11.8 Å². The van der Waals surface area contributed by atoms with Crippen LogP contribution in [0.3, 0.4) is 0 Å². The van der Waals surface area contributed by atoms with Crippen molar-refractivity contribution in [2.45, 2.75) is 33.6 Å². The molecule has 0 aromatic carbocycles. The topological polar surface area (TPSA) is 63.6 Å². The number of hydrogen-bond donors (Lipinski definition) is 1. The Morgan fingerprint density at radius 1 is 1.27 bits per heavy atom. The van der Waals surface area contributed by atoms with E-state index < -0.39 is 5.97 Å². The molecule has 0 aromatic heterocycles. The Balaban J connectivity index is 4.77. The number of aliphatic carboxylic acids is 1. The quantitative estimate of drug-likeness (QED) is 0.305. The van der Waals surface area contributed by atoms with E-state index in [9.17, 15) is 9.59 Å². The highest BCUT2D eigenvalue weighted by Gasteiger charge is 2.24. The molecule has 0 aliphatic rings. The van der Waals surface area contributed by atoms with Crippen LogP contribution in [0.5, 0.6) is 0 Å². The summed E-state index contributed by atoms with van der Waals surface area (Å²) in [6.45, 7) is 5.82. The number of carboxylic acids is 1. The fraction of sp³-hybridized carbons (Fsp3) is 0.636. The Labute approximate surface area is 89.9 Å². The average molecular weight is 214 g/mol. The Morgan fingerprint density at radius 3 is 2.13 bits per heavy atom. The maximum Gasteiger partial charge on any atom is 0.342 e. The summed E-state index contributed by atoms with van der Waals surface area (Å²) in [5.74, 6) is -1.80. The lowest BCUT2D eigenvalue weighted by molar-refractivity contribution is -0.135. The largest absolute Gasteiger partial charge is 0.500 e. The van der Waals surface area contributed by atoms with Gasteiger partial charge in [-0.2, -0.15) is 0 Å². The van der Waals surface area contributed by atoms with Crippen LogP contribution < -0.4 is 0 Å². The average Bonchev–Trinajstić information content (AvgIpc) is 2.19. The van der Waals surface area contributed by atoms with Crippen molar-refractivity contribution in [2.24, 2.45) is 5.92 Å². The third-order valence-electron chi connectivity index (χ3n) is 2.22. The third-order valence-corrected chi connectivity index (χ3v) is 2.22. The van der Waals surface area contributed by atoms with Crippen LogP contribution >= 0.6 is 0 Å². The maximum atomic E-state index is 11.7. The summed E-state index contributed by atoms with van der Waals surface area (Å²) >= 11 is 0. The van der Waals surface area contributed by atoms with Gasteiger partial charge < -0.3 is 9.84 Å². The zero-order valence-electron chi connectivity index (χ0n) is 9.45. The standard InChI is InChI=1S/C11H18O4/c1-4-8(5-2)10(12)9(11(13)14)7-15-6-3/h7-8H,4-6H2,1-3H3,(H,13,14). The lowest BCUT2D eigenvalue weighted by Crippen LogP contribution is -2.21. The SMILES string of the molecule is CCOC=C(C(=O)O)C(=O)C(CC)CC. The molecule has 0 radical (unpaired) electrons. The van der Waals surface area contributed by atoms with Gasteiger partial charge in [0.25, 0.3) is 0 Å². The van der Waals surface area contributed by atoms with Crippen molar-refractivity contribution in [1.82, 2.24) is 0 Å². The van der Waals surface area contributed by atoms with Crippen molar-refractivity contribution in [3.05, 3.63) is 11.8 Å². The molecule has 0 saturated heterocycles. The molecule has 0 aliphatic carbocycles. The van der Waals surface area contributed by atoms with Gasteiger partial charge in [0.05, 0.1) is 6.61 Å². The molecule has 4 nitrogen and oxygen atoms in total. The Bertz CT molecular complexity index is 251. The minimum atomic E-state index is -1.22. The molecule has 0 amide bonds. The summed E-state index contributed by atoms with van der Waals surface area (Å²) in [6, 6.07) is 0. The van der Waals surface area contributed by atoms with Crippen molar-refractivity contribution in [3.63, 3.8) is 0 Å². The molecule has 0 heterocycles. The van der Waals surface area contributed by atoms with Gasteiger partial charge in [0.15, 0.2) is 5.78 Å². The van der Waals surface area contributed by atoms with E-state index in [1.165, 1.54) is 0 Å². The fourth-order valence-electron chi connectivity index (χ4n) is 1.26. The van der Waals surface area contributed by atoms with Crippen LogP contribution in [-0.2, 0) is 14.3 Å². The molecule has 4 heteroatoms. The van der Waals surface area contributed by atoms with E-state index >= 15 is 0 Å². The van der Waals surface area contributed by atoms with E-state index in [2.05, 4.69) is 0 Å². The van der Waals surface area contributed by atoms with Crippen molar-refractivity contribution in [3.8, 4) is 0 Å². The molecule has 15 heavy (non-hydrogen) atoms. The van der Waals surface area contributed by atoms with Crippen LogP contribution in [0.15, 0.2) is 11.8 Å². The number of carboxylic acid groups (broad SMARTS) is 1. The number of ether oxygens (including phenoxy) is 1. The highest BCUT2D eigenvalue weighted by atomic mass is 16.5. The van der Waals surface area contributed by atoms with E-state index in [-0.39, 0.29) is 17.3 Å². The number of rotatable bonds is 7. The van der Waals surface area contributed by atoms with Crippen molar-refractivity contribution in [2.75, 3.05) is 6.61 Å². The Hall–Kier alpha value is -1.32. The molecule has 0 unspecified atom stereocenters. The van der Waals surface area contributed by atoms with Gasteiger partial charge in [-0.15, -0.1) is 0 Å². The summed E-state index contributed by atoms with van der Waals surface area (Å²) in [5.41, 5.74) is -0.259. The number of Topliss-reactive ketones (excluding diaryl/α,β-unsaturated/α-hetero) is 1. The molecule has 0 atom stereocenters. The van der Waals surface area contributed by atoms with Crippen molar-refractivity contribution < 1.29 is 19.4 Å². The Kier molecular flexibility index (Phi) is 6.42. The zero-order valence-corrected chi connectivity index (χ0v) is 9.45. The molecule has 0 bridgehead atoms. The first-order chi connectivity index (χ1) is 7.08. The first kappa shape index (κ1) is 13.7. The molecular formula is C11H18O4. The summed E-state index contributed by atoms with van der Waals surface area (Å²) in [7, 11) is 0. The highest BCUT2D eigenvalue weighted by Crippen LogP contribution is 2.14. The van der Waals surface area contributed by atoms with Gasteiger partial charge in [0.2, 0.25) is 0 Å². The second kappa shape index (κ2) is 7.04. The van der Waals surface area contributed by atoms with Gasteiger partial charge in [-0.05, 0) is 19.8 Å². The van der Waals surface area contributed by atoms with Gasteiger partial charge in [0.1, 0.15) is 11.8 Å². The van der Waals surface area contributed by atoms with Crippen LogP contribution in [-0.4, -0.2) is 23.5 Å². The normalized spacial score (nSPS) is 11.6. The zero-order chi connectivity index (χ0) is 11.8. The van der Waals surface area contributed by atoms with Crippen LogP contribution in [0.1, 0.15) is 33.6 Å². The molecule has 0 rings (SSSR count). The second-order valence-corrected chi connectivity index (χ2v) is 3.17. The first-order valence-corrected chi connectivity index (χ1v) is 5.17. The maximum absolute atomic E-state index is 11.7. The molecule has 1 N–H and O–H groups in total. The minimum absolute atomic E-state index is 0.229. The number of ketones is 1. The van der Waals surface area contributed by atoms with E-state index in [0.717, 1.165) is 6.26 Å². The Morgan fingerprint density at radius 2 is 1.80 bits per heavy atom. The smallest absolute Gasteiger partial charge is 0.342 e. The van der Waals surface area contributed by atoms with Crippen LogP contribution in [0.2, 0.25) is 0 Å². The van der Waals surface area contributed by atoms with Gasteiger partial charge in [0, 0.05) is 5.92 Å². The third kappa shape index (κ3) is 4.14. The highest BCUT2D eigenvalue weighted by molar-refractivity contribution is 6.17. The van der Waals surface area contributed by atoms with Crippen LogP contribution in [0.25, 0.3) is 0 Å². The minimum Gasteiger partial charge on any atom is -0.500 e. The van der Waals surface area contributed by atoms with Crippen LogP contribution in [0.4, 0.5) is 0 Å². The van der Waals surface area contributed by atoms with Gasteiger partial charge in [-0.1, -0.05) is 13.8 Å². The fourth-order valence-corrected chi connectivity index (χ4v) is 1.26. The molecule has 0 fully saturated rings. The van der Waals surface area contributed by atoms with E-state index in [1.807, 2.05) is 13.8 Å². The van der Waals surface area contributed by atoms with E-state index in [1.54, 1.807) is 6.92 Å². The van der Waals surface area contributed by atoms with E-state index in [0.29, 0.717) is 19.4 Å². The second-order valence-electron chi connectivity index (χ2n) is 3.17. The molecule has 0 aromatic rings. The molecular weight excluding hydrogens is 196 g/mol. The number of hydrogen-bond acceptors (Lipinski definition) is 3. The predicted molar refractivity (Wildman–Crippen MR) is 56.4 cm³/mol. The molecule has 0 spiro atoms. The summed E-state index contributed by atoms with van der Waals surface area (Å²) < 4.78 is 4.85. The molecule has 86 valence electrons. The van der Waals surface area contributed by atoms with Crippen molar-refractivity contribution in [1.29, 1.82) is 0 Å². The van der Waals surface area contributed by atoms with Gasteiger partial charge in [-0.3, -0.25) is 4.79 Å². The lowest BCUT2D eigenvalue weighted by Gasteiger charge is -2.10.